The van der Waals surface area contributed by atoms with Crippen LogP contribution in [0.15, 0.2) is 48.7 Å². The van der Waals surface area contributed by atoms with Gasteiger partial charge in [-0.1, -0.05) is 13.0 Å². The number of fused-ring (bicyclic) bond motifs is 3. The molecule has 1 fully saturated rings. The van der Waals surface area contributed by atoms with E-state index in [-0.39, 0.29) is 30.2 Å². The topological polar surface area (TPSA) is 105 Å². The number of nitrogens with zero attached hydrogens (tertiary/aromatic N) is 2. The van der Waals surface area contributed by atoms with Crippen LogP contribution in [0.1, 0.15) is 60.0 Å². The fraction of sp³-hybridized carbons (Fsp3) is 0.406. The number of halogens is 1. The minimum atomic E-state index is -0.733. The van der Waals surface area contributed by atoms with Crippen LogP contribution in [0.3, 0.4) is 0 Å². The van der Waals surface area contributed by atoms with Gasteiger partial charge >= 0.3 is 5.97 Å². The number of hydrogen-bond donors (Lipinski definition) is 2. The van der Waals surface area contributed by atoms with Crippen LogP contribution in [-0.4, -0.2) is 70.2 Å². The number of pyridine rings is 1. The summed E-state index contributed by atoms with van der Waals surface area (Å²) in [6.07, 6.45) is 2.62. The van der Waals surface area contributed by atoms with Gasteiger partial charge in [0.1, 0.15) is 24.3 Å². The Hall–Kier alpha value is -3.82. The molecule has 216 valence electrons. The Morgan fingerprint density at radius 3 is 2.51 bits per heavy atom. The average molecular weight is 562 g/mol. The van der Waals surface area contributed by atoms with Crippen LogP contribution < -0.4 is 4.74 Å². The van der Waals surface area contributed by atoms with Crippen LogP contribution in [-0.2, 0) is 11.2 Å². The van der Waals surface area contributed by atoms with Crippen molar-refractivity contribution in [3.8, 4) is 5.75 Å². The maximum Gasteiger partial charge on any atom is 0.357 e. The number of H-pyrrole nitrogens is 1. The van der Waals surface area contributed by atoms with Crippen molar-refractivity contribution in [3.63, 3.8) is 0 Å². The van der Waals surface area contributed by atoms with E-state index in [1.54, 1.807) is 20.0 Å². The van der Waals surface area contributed by atoms with Gasteiger partial charge in [0, 0.05) is 28.8 Å². The Morgan fingerprint density at radius 1 is 1.10 bits per heavy atom. The highest BCUT2D eigenvalue weighted by Gasteiger charge is 2.27. The lowest BCUT2D eigenvalue weighted by Gasteiger charge is -2.32. The molecular formula is C32H36FN3O5. The normalized spacial score (nSPS) is 15.5. The first-order valence-corrected chi connectivity index (χ1v) is 14.2. The summed E-state index contributed by atoms with van der Waals surface area (Å²) in [6, 6.07) is 11.4. The van der Waals surface area contributed by atoms with Crippen molar-refractivity contribution in [2.24, 2.45) is 5.92 Å². The van der Waals surface area contributed by atoms with Gasteiger partial charge in [-0.2, -0.15) is 0 Å². The Morgan fingerprint density at radius 2 is 1.83 bits per heavy atom. The first-order valence-electron chi connectivity index (χ1n) is 14.2. The van der Waals surface area contributed by atoms with Gasteiger partial charge < -0.3 is 24.5 Å². The molecule has 1 saturated heterocycles. The molecule has 2 aromatic heterocycles. The number of β-amino-alcohol motifs (C(OH)–C–C–N with tert-alkyl or cyclic N) is 1. The van der Waals surface area contributed by atoms with Crippen molar-refractivity contribution in [2.45, 2.75) is 52.2 Å². The first kappa shape index (κ1) is 28.7. The van der Waals surface area contributed by atoms with Gasteiger partial charge in [0.25, 0.3) is 0 Å². The van der Waals surface area contributed by atoms with Crippen molar-refractivity contribution in [1.29, 1.82) is 0 Å². The number of benzene rings is 2. The largest absolute Gasteiger partial charge is 0.490 e. The van der Waals surface area contributed by atoms with E-state index in [9.17, 15) is 19.1 Å². The van der Waals surface area contributed by atoms with Gasteiger partial charge in [-0.25, -0.2) is 14.2 Å². The number of ketones is 1. The van der Waals surface area contributed by atoms with Crippen LogP contribution in [0.25, 0.3) is 21.8 Å². The zero-order valence-corrected chi connectivity index (χ0v) is 23.7. The number of likely N-dealkylation sites (tertiary alicyclic amines) is 1. The molecule has 4 aromatic rings. The maximum atomic E-state index is 13.2. The number of aryl methyl sites for hydroxylation is 1. The standard InChI is InChI=1S/C32H36FN3O5/c1-4-24-28-26(16-34-30(24)32(39)41-19(2)3)35-25-6-5-7-27(29(25)28)40-18-23(37)17-36-14-12-21(13-15-36)31(38)20-8-10-22(33)11-9-20/h5-11,16,19,21,23,35,37H,4,12-15,17-18H2,1-3H3. The third-order valence-electron chi connectivity index (χ3n) is 7.60. The fourth-order valence-electron chi connectivity index (χ4n) is 5.65. The van der Waals surface area contributed by atoms with Crippen LogP contribution in [0.4, 0.5) is 4.39 Å². The minimum Gasteiger partial charge on any atom is -0.490 e. The van der Waals surface area contributed by atoms with Crippen LogP contribution in [0.5, 0.6) is 5.75 Å². The van der Waals surface area contributed by atoms with Gasteiger partial charge in [-0.05, 0) is 88.2 Å². The number of aliphatic hydroxyl groups is 1. The molecule has 3 heterocycles. The SMILES string of the molecule is CCc1c(C(=O)OC(C)C)ncc2[nH]c3cccc(OCC(O)CN4CCC(C(=O)c5ccc(F)cc5)CC4)c3c12. The molecule has 9 heteroatoms. The first-order chi connectivity index (χ1) is 19.7. The van der Waals surface area contributed by atoms with Gasteiger partial charge in [-0.15, -0.1) is 0 Å². The lowest BCUT2D eigenvalue weighted by atomic mass is 9.89. The summed E-state index contributed by atoms with van der Waals surface area (Å²) in [5.41, 5.74) is 3.27. The maximum absolute atomic E-state index is 13.2. The predicted octanol–water partition coefficient (Wildman–Crippen LogP) is 5.32. The molecule has 0 aliphatic carbocycles. The smallest absolute Gasteiger partial charge is 0.357 e. The molecule has 2 aromatic carbocycles. The third-order valence-corrected chi connectivity index (χ3v) is 7.60. The molecule has 0 bridgehead atoms. The Labute approximate surface area is 238 Å². The number of aliphatic hydroxyl groups excluding tert-OH is 1. The number of carbonyl (C=O) groups is 2. The van der Waals surface area contributed by atoms with E-state index in [0.717, 1.165) is 27.4 Å². The van der Waals surface area contributed by atoms with Crippen molar-refractivity contribution in [2.75, 3.05) is 26.2 Å². The minimum absolute atomic E-state index is 0.0441. The summed E-state index contributed by atoms with van der Waals surface area (Å²) in [7, 11) is 0. The lowest BCUT2D eigenvalue weighted by Crippen LogP contribution is -2.42. The monoisotopic (exact) mass is 561 g/mol. The van der Waals surface area contributed by atoms with Crippen LogP contribution in [0.2, 0.25) is 0 Å². The lowest BCUT2D eigenvalue weighted by molar-refractivity contribution is 0.0369. The van der Waals surface area contributed by atoms with Gasteiger partial charge in [0.15, 0.2) is 11.5 Å². The van der Waals surface area contributed by atoms with Crippen molar-refractivity contribution < 1.29 is 28.6 Å². The summed E-state index contributed by atoms with van der Waals surface area (Å²) in [5, 5.41) is 12.5. The molecule has 0 radical (unpaired) electrons. The molecule has 1 aliphatic heterocycles. The van der Waals surface area contributed by atoms with E-state index in [1.807, 2.05) is 25.1 Å². The van der Waals surface area contributed by atoms with Crippen molar-refractivity contribution in [1.82, 2.24) is 14.9 Å². The second-order valence-electron chi connectivity index (χ2n) is 10.9. The van der Waals surface area contributed by atoms with Gasteiger partial charge in [-0.3, -0.25) is 4.79 Å². The highest BCUT2D eigenvalue weighted by molar-refractivity contribution is 6.13. The highest BCUT2D eigenvalue weighted by atomic mass is 19.1. The molecule has 41 heavy (non-hydrogen) atoms. The molecule has 1 aliphatic rings. The number of carbonyl (C=O) groups excluding carboxylic acids is 2. The van der Waals surface area contributed by atoms with Crippen molar-refractivity contribution in [3.05, 3.63) is 71.3 Å². The molecule has 2 N–H and O–H groups in total. The molecule has 1 atom stereocenters. The zero-order chi connectivity index (χ0) is 29.1. The summed E-state index contributed by atoms with van der Waals surface area (Å²) in [5.74, 6) is -0.255. The number of Topliss-reactive ketones (excluding diaryl/α,β-unsaturated/α-hetero) is 1. The van der Waals surface area contributed by atoms with Crippen LogP contribution in [0, 0.1) is 11.7 Å². The molecule has 1 unspecified atom stereocenters. The Kier molecular flexibility index (Phi) is 8.65. The Balaban J connectivity index is 1.25. The Bertz CT molecular complexity index is 1540. The second-order valence-corrected chi connectivity index (χ2v) is 10.9. The van der Waals surface area contributed by atoms with E-state index < -0.39 is 12.1 Å². The summed E-state index contributed by atoms with van der Waals surface area (Å²) in [4.78, 5) is 35.5. The van der Waals surface area contributed by atoms with E-state index in [0.29, 0.717) is 55.9 Å². The second kappa shape index (κ2) is 12.4. The number of rotatable bonds is 10. The molecule has 0 amide bonds. The van der Waals surface area contributed by atoms with Crippen LogP contribution >= 0.6 is 0 Å². The number of nitrogens with one attached hydrogen (secondary N) is 1. The predicted molar refractivity (Wildman–Crippen MR) is 155 cm³/mol. The third kappa shape index (κ3) is 6.26. The highest BCUT2D eigenvalue weighted by Crippen LogP contribution is 2.36. The molecular weight excluding hydrogens is 525 g/mol. The molecule has 0 spiro atoms. The number of aromatic amines is 1. The number of ether oxygens (including phenoxy) is 2. The number of piperidine rings is 1. The average Bonchev–Trinajstić information content (AvgIpc) is 3.35. The molecule has 0 saturated carbocycles. The van der Waals surface area contributed by atoms with E-state index in [4.69, 9.17) is 9.47 Å². The van der Waals surface area contributed by atoms with Gasteiger partial charge in [0.05, 0.1) is 23.3 Å². The van der Waals surface area contributed by atoms with E-state index in [2.05, 4.69) is 14.9 Å². The number of hydrogen-bond acceptors (Lipinski definition) is 7. The summed E-state index contributed by atoms with van der Waals surface area (Å²) >= 11 is 0. The fourth-order valence-corrected chi connectivity index (χ4v) is 5.65. The van der Waals surface area contributed by atoms with Crippen molar-refractivity contribution >= 4 is 33.6 Å². The van der Waals surface area contributed by atoms with E-state index >= 15 is 0 Å². The number of esters is 1. The molecule has 8 nitrogen and oxygen atoms in total. The summed E-state index contributed by atoms with van der Waals surface area (Å²) in [6.45, 7) is 7.49. The quantitative estimate of drug-likeness (QED) is 0.200. The zero-order valence-electron chi connectivity index (χ0n) is 23.7. The molecule has 5 rings (SSSR count). The number of aromatic nitrogens is 2. The van der Waals surface area contributed by atoms with E-state index in [1.165, 1.54) is 24.3 Å². The summed E-state index contributed by atoms with van der Waals surface area (Å²) < 4.78 is 24.8. The van der Waals surface area contributed by atoms with Gasteiger partial charge in [0.2, 0.25) is 0 Å².